The van der Waals surface area contributed by atoms with E-state index < -0.39 is 30.0 Å². The van der Waals surface area contributed by atoms with E-state index >= 15 is 0 Å². The number of hydrogen-bond donors (Lipinski definition) is 4. The molecular formula is C10H15N3O3. The summed E-state index contributed by atoms with van der Waals surface area (Å²) in [5, 5.41) is 11.0. The van der Waals surface area contributed by atoms with Crippen LogP contribution in [0.15, 0.2) is 12.2 Å². The van der Waals surface area contributed by atoms with Crippen LogP contribution in [-0.4, -0.2) is 35.1 Å². The lowest BCUT2D eigenvalue weighted by Crippen LogP contribution is -2.46. The van der Waals surface area contributed by atoms with Crippen LogP contribution < -0.4 is 16.8 Å². The molecule has 88 valence electrons. The third-order valence-electron chi connectivity index (χ3n) is 1.68. The molecule has 6 nitrogen and oxygen atoms in total. The second kappa shape index (κ2) is 6.61. The van der Waals surface area contributed by atoms with E-state index in [0.717, 1.165) is 0 Å². The van der Waals surface area contributed by atoms with E-state index in [1.807, 2.05) is 0 Å². The van der Waals surface area contributed by atoms with Gasteiger partial charge in [-0.1, -0.05) is 18.1 Å². The van der Waals surface area contributed by atoms with Gasteiger partial charge >= 0.3 is 5.97 Å². The van der Waals surface area contributed by atoms with Crippen molar-refractivity contribution in [1.29, 1.82) is 0 Å². The minimum absolute atomic E-state index is 0.564. The molecule has 0 fully saturated rings. The summed E-state index contributed by atoms with van der Waals surface area (Å²) in [5.41, 5.74) is 10.6. The second-order valence-corrected chi connectivity index (χ2v) is 3.19. The predicted molar refractivity (Wildman–Crippen MR) is 59.2 cm³/mol. The van der Waals surface area contributed by atoms with Crippen LogP contribution in [0.5, 0.6) is 0 Å². The Morgan fingerprint density at radius 1 is 1.44 bits per heavy atom. The van der Waals surface area contributed by atoms with Crippen molar-refractivity contribution in [3.05, 3.63) is 12.2 Å². The SMILES string of the molecule is C#CC(N)C=CC(NC(=O)C(C)N)C(=O)O. The number of terminal acetylenes is 1. The molecule has 3 atom stereocenters. The highest BCUT2D eigenvalue weighted by Gasteiger charge is 2.18. The Bertz CT molecular complexity index is 331. The summed E-state index contributed by atoms with van der Waals surface area (Å²) in [4.78, 5) is 21.9. The molecule has 1 amide bonds. The smallest absolute Gasteiger partial charge is 0.330 e. The number of aliphatic carboxylic acids is 1. The fourth-order valence-electron chi connectivity index (χ4n) is 0.763. The van der Waals surface area contributed by atoms with E-state index in [0.29, 0.717) is 0 Å². The number of rotatable bonds is 5. The number of amides is 1. The molecule has 0 radical (unpaired) electrons. The second-order valence-electron chi connectivity index (χ2n) is 3.19. The Hall–Kier alpha value is -1.84. The van der Waals surface area contributed by atoms with Crippen molar-refractivity contribution in [2.24, 2.45) is 11.5 Å². The van der Waals surface area contributed by atoms with Crippen LogP contribution in [0.2, 0.25) is 0 Å². The van der Waals surface area contributed by atoms with E-state index in [1.54, 1.807) is 0 Å². The molecular weight excluding hydrogens is 210 g/mol. The van der Waals surface area contributed by atoms with Crippen LogP contribution in [0.25, 0.3) is 0 Å². The van der Waals surface area contributed by atoms with Gasteiger partial charge in [-0.15, -0.1) is 6.42 Å². The molecule has 0 spiro atoms. The van der Waals surface area contributed by atoms with Crippen LogP contribution >= 0.6 is 0 Å². The summed E-state index contributed by atoms with van der Waals surface area (Å²) in [5.74, 6) is 0.419. The zero-order chi connectivity index (χ0) is 12.7. The van der Waals surface area contributed by atoms with Gasteiger partial charge in [-0.2, -0.15) is 0 Å². The van der Waals surface area contributed by atoms with Gasteiger partial charge in [-0.25, -0.2) is 4.79 Å². The van der Waals surface area contributed by atoms with Gasteiger partial charge in [0.05, 0.1) is 12.1 Å². The average molecular weight is 225 g/mol. The summed E-state index contributed by atoms with van der Waals surface area (Å²) in [6.45, 7) is 1.45. The number of nitrogens with one attached hydrogen (secondary N) is 1. The van der Waals surface area contributed by atoms with Gasteiger partial charge in [-0.3, -0.25) is 4.79 Å². The quantitative estimate of drug-likeness (QED) is 0.332. The van der Waals surface area contributed by atoms with E-state index in [1.165, 1.54) is 19.1 Å². The van der Waals surface area contributed by atoms with Crippen molar-refractivity contribution in [2.75, 3.05) is 0 Å². The first kappa shape index (κ1) is 14.2. The lowest BCUT2D eigenvalue weighted by Gasteiger charge is -2.12. The van der Waals surface area contributed by atoms with Gasteiger partial charge in [-0.05, 0) is 6.92 Å². The molecule has 0 saturated carbocycles. The molecule has 0 aliphatic heterocycles. The molecule has 0 heterocycles. The fraction of sp³-hybridized carbons (Fsp3) is 0.400. The number of carbonyl (C=O) groups excluding carboxylic acids is 1. The van der Waals surface area contributed by atoms with E-state index in [9.17, 15) is 9.59 Å². The van der Waals surface area contributed by atoms with Crippen LogP contribution in [0.3, 0.4) is 0 Å². The van der Waals surface area contributed by atoms with E-state index in [4.69, 9.17) is 23.0 Å². The molecule has 6 heteroatoms. The molecule has 0 bridgehead atoms. The molecule has 6 N–H and O–H groups in total. The van der Waals surface area contributed by atoms with Crippen molar-refractivity contribution < 1.29 is 14.7 Å². The highest BCUT2D eigenvalue weighted by Crippen LogP contribution is 1.91. The number of carboxylic acid groups (broad SMARTS) is 1. The molecule has 3 unspecified atom stereocenters. The Labute approximate surface area is 93.7 Å². The van der Waals surface area contributed by atoms with Gasteiger partial charge in [0.15, 0.2) is 0 Å². The maximum atomic E-state index is 11.2. The largest absolute Gasteiger partial charge is 0.479 e. The minimum atomic E-state index is -1.21. The average Bonchev–Trinajstić information content (AvgIpc) is 2.22. The third kappa shape index (κ3) is 5.14. The van der Waals surface area contributed by atoms with Gasteiger partial charge in [0.1, 0.15) is 6.04 Å². The van der Waals surface area contributed by atoms with Crippen LogP contribution in [0.1, 0.15) is 6.92 Å². The normalized spacial score (nSPS) is 16.1. The predicted octanol–water partition coefficient (Wildman–Crippen LogP) is -1.58. The molecule has 0 rings (SSSR count). The number of carbonyl (C=O) groups is 2. The lowest BCUT2D eigenvalue weighted by molar-refractivity contribution is -0.140. The highest BCUT2D eigenvalue weighted by atomic mass is 16.4. The van der Waals surface area contributed by atoms with Crippen molar-refractivity contribution in [3.8, 4) is 12.3 Å². The Kier molecular flexibility index (Phi) is 5.85. The Morgan fingerprint density at radius 3 is 2.38 bits per heavy atom. The van der Waals surface area contributed by atoms with Gasteiger partial charge in [0, 0.05) is 0 Å². The maximum absolute atomic E-state index is 11.2. The monoisotopic (exact) mass is 225 g/mol. The summed E-state index contributed by atoms with van der Waals surface area (Å²) in [7, 11) is 0. The molecule has 0 aromatic heterocycles. The zero-order valence-corrected chi connectivity index (χ0v) is 8.88. The first-order valence-corrected chi connectivity index (χ1v) is 4.57. The maximum Gasteiger partial charge on any atom is 0.330 e. The molecule has 0 aliphatic rings. The summed E-state index contributed by atoms with van der Waals surface area (Å²) in [6.07, 6.45) is 7.54. The van der Waals surface area contributed by atoms with Crippen molar-refractivity contribution in [3.63, 3.8) is 0 Å². The zero-order valence-electron chi connectivity index (χ0n) is 8.88. The summed E-state index contributed by atoms with van der Waals surface area (Å²) in [6, 6.07) is -2.65. The highest BCUT2D eigenvalue weighted by molar-refractivity contribution is 5.87. The molecule has 0 aromatic carbocycles. The van der Waals surface area contributed by atoms with Crippen molar-refractivity contribution in [1.82, 2.24) is 5.32 Å². The summed E-state index contributed by atoms with van der Waals surface area (Å²) < 4.78 is 0. The van der Waals surface area contributed by atoms with Crippen LogP contribution in [-0.2, 0) is 9.59 Å². The van der Waals surface area contributed by atoms with Crippen molar-refractivity contribution in [2.45, 2.75) is 25.0 Å². The molecule has 0 saturated heterocycles. The fourth-order valence-corrected chi connectivity index (χ4v) is 0.763. The lowest BCUT2D eigenvalue weighted by atomic mass is 10.2. The molecule has 0 aliphatic carbocycles. The van der Waals surface area contributed by atoms with Gasteiger partial charge in [0.25, 0.3) is 0 Å². The number of hydrogen-bond acceptors (Lipinski definition) is 4. The van der Waals surface area contributed by atoms with Gasteiger partial charge < -0.3 is 21.9 Å². The third-order valence-corrected chi connectivity index (χ3v) is 1.68. The summed E-state index contributed by atoms with van der Waals surface area (Å²) >= 11 is 0. The molecule has 0 aromatic rings. The number of carboxylic acids is 1. The topological polar surface area (TPSA) is 118 Å². The number of nitrogens with two attached hydrogens (primary N) is 2. The Morgan fingerprint density at radius 2 is 2.00 bits per heavy atom. The standard InChI is InChI=1S/C10H15N3O3/c1-3-7(12)4-5-8(10(15)16)13-9(14)6(2)11/h1,4-8H,11-12H2,2H3,(H,13,14)(H,15,16). The van der Waals surface area contributed by atoms with E-state index in [-0.39, 0.29) is 0 Å². The van der Waals surface area contributed by atoms with Crippen LogP contribution in [0, 0.1) is 12.3 Å². The van der Waals surface area contributed by atoms with Gasteiger partial charge in [0.2, 0.25) is 5.91 Å². The minimum Gasteiger partial charge on any atom is -0.479 e. The van der Waals surface area contributed by atoms with E-state index in [2.05, 4.69) is 11.2 Å². The van der Waals surface area contributed by atoms with Crippen molar-refractivity contribution >= 4 is 11.9 Å². The van der Waals surface area contributed by atoms with Crippen LogP contribution in [0.4, 0.5) is 0 Å². The Balaban J connectivity index is 4.53. The first-order valence-electron chi connectivity index (χ1n) is 4.57. The molecule has 16 heavy (non-hydrogen) atoms. The first-order chi connectivity index (χ1) is 7.38.